The van der Waals surface area contributed by atoms with Gasteiger partial charge in [0.15, 0.2) is 5.69 Å². The van der Waals surface area contributed by atoms with E-state index < -0.39 is 0 Å². The number of halogens is 1. The van der Waals surface area contributed by atoms with E-state index in [1.807, 2.05) is 25.1 Å². The molecule has 29 heavy (non-hydrogen) atoms. The van der Waals surface area contributed by atoms with E-state index in [1.54, 1.807) is 10.9 Å². The summed E-state index contributed by atoms with van der Waals surface area (Å²) in [5.41, 5.74) is 4.92. The predicted molar refractivity (Wildman–Crippen MR) is 106 cm³/mol. The minimum Gasteiger partial charge on any atom is -0.373 e. The van der Waals surface area contributed by atoms with Gasteiger partial charge in [-0.2, -0.15) is 5.10 Å². The number of fused-ring (bicyclic) bond motifs is 2. The molecule has 1 aliphatic heterocycles. The lowest BCUT2D eigenvalue weighted by Crippen LogP contribution is -2.35. The van der Waals surface area contributed by atoms with E-state index in [2.05, 4.69) is 15.6 Å². The smallest absolute Gasteiger partial charge is 0.274 e. The van der Waals surface area contributed by atoms with Gasteiger partial charge < -0.3 is 14.6 Å². The summed E-state index contributed by atoms with van der Waals surface area (Å²) < 4.78 is 12.9. The van der Waals surface area contributed by atoms with Crippen molar-refractivity contribution in [2.45, 2.75) is 45.3 Å². The second-order valence-electron chi connectivity index (χ2n) is 7.55. The van der Waals surface area contributed by atoms with Crippen LogP contribution in [0.1, 0.15) is 57.5 Å². The van der Waals surface area contributed by atoms with Gasteiger partial charge in [-0.15, -0.1) is 0 Å². The molecule has 1 atom stereocenters. The van der Waals surface area contributed by atoms with Crippen LogP contribution in [0.15, 0.2) is 28.9 Å². The van der Waals surface area contributed by atoms with Crippen molar-refractivity contribution < 1.29 is 14.1 Å². The third-order valence-electron chi connectivity index (χ3n) is 5.67. The quantitative estimate of drug-likeness (QED) is 0.709. The molecule has 3 aromatic rings. The molecule has 0 bridgehead atoms. The number of aromatic nitrogens is 3. The van der Waals surface area contributed by atoms with Crippen molar-refractivity contribution in [3.63, 3.8) is 0 Å². The lowest BCUT2D eigenvalue weighted by atomic mass is 9.96. The van der Waals surface area contributed by atoms with Crippen molar-refractivity contribution in [2.24, 2.45) is 0 Å². The first-order valence-electron chi connectivity index (χ1n) is 9.82. The van der Waals surface area contributed by atoms with Crippen LogP contribution in [0.4, 0.5) is 0 Å². The normalized spacial score (nSPS) is 18.2. The van der Waals surface area contributed by atoms with Crippen molar-refractivity contribution in [1.29, 1.82) is 0 Å². The summed E-state index contributed by atoms with van der Waals surface area (Å²) in [7, 11) is 0. The van der Waals surface area contributed by atoms with E-state index in [4.69, 9.17) is 20.9 Å². The lowest BCUT2D eigenvalue weighted by molar-refractivity contribution is 0.0682. The van der Waals surface area contributed by atoms with E-state index >= 15 is 0 Å². The van der Waals surface area contributed by atoms with Gasteiger partial charge in [0, 0.05) is 17.5 Å². The Balaban J connectivity index is 1.43. The van der Waals surface area contributed by atoms with E-state index in [9.17, 15) is 4.79 Å². The number of benzene rings is 1. The van der Waals surface area contributed by atoms with Gasteiger partial charge in [0.2, 0.25) is 0 Å². The maximum Gasteiger partial charge on any atom is 0.274 e. The monoisotopic (exact) mass is 412 g/mol. The Bertz CT molecular complexity index is 1090. The van der Waals surface area contributed by atoms with E-state index in [1.165, 1.54) is 0 Å². The van der Waals surface area contributed by atoms with Gasteiger partial charge in [0.1, 0.15) is 5.76 Å². The standard InChI is InChI=1S/C21H21ClN4O3/c1-12-5-4-7-16(19(12)22)26-17-11-28-10-15(14(17)9-23-26)24-21(27)20-13-6-2-3-8-18(13)29-25-20/h4-5,7,9,15H,2-3,6,8,10-11H2,1H3,(H,24,27)/t15-/m0/s1. The summed E-state index contributed by atoms with van der Waals surface area (Å²) in [6, 6.07) is 5.52. The van der Waals surface area contributed by atoms with Crippen molar-refractivity contribution in [3.05, 3.63) is 63.3 Å². The number of amides is 1. The van der Waals surface area contributed by atoms with E-state index in [-0.39, 0.29) is 11.9 Å². The fraction of sp³-hybridized carbons (Fsp3) is 0.381. The number of hydrogen-bond donors (Lipinski definition) is 1. The van der Waals surface area contributed by atoms with Gasteiger partial charge in [-0.05, 0) is 37.8 Å². The minimum atomic E-state index is -0.306. The molecule has 0 radical (unpaired) electrons. The van der Waals surface area contributed by atoms with Gasteiger partial charge in [-0.3, -0.25) is 4.79 Å². The Morgan fingerprint density at radius 2 is 2.17 bits per heavy atom. The summed E-state index contributed by atoms with van der Waals surface area (Å²) >= 11 is 6.49. The highest BCUT2D eigenvalue weighted by Crippen LogP contribution is 2.31. The molecule has 7 nitrogen and oxygen atoms in total. The summed E-state index contributed by atoms with van der Waals surface area (Å²) in [6.07, 6.45) is 5.58. The SMILES string of the molecule is Cc1cccc(-n2ncc3c2COC[C@@H]3NC(=O)c2noc3c2CCCC3)c1Cl. The number of hydrogen-bond acceptors (Lipinski definition) is 5. The Labute approximate surface area is 173 Å². The third-order valence-corrected chi connectivity index (χ3v) is 6.16. The van der Waals surface area contributed by atoms with Gasteiger partial charge >= 0.3 is 0 Å². The van der Waals surface area contributed by atoms with Crippen LogP contribution in [-0.4, -0.2) is 27.5 Å². The zero-order valence-corrected chi connectivity index (χ0v) is 16.8. The number of rotatable bonds is 3. The molecule has 1 amide bonds. The first-order chi connectivity index (χ1) is 14.1. The topological polar surface area (TPSA) is 82.2 Å². The van der Waals surface area contributed by atoms with Crippen LogP contribution >= 0.6 is 11.6 Å². The number of carbonyl (C=O) groups is 1. The van der Waals surface area contributed by atoms with Crippen LogP contribution in [0, 0.1) is 6.92 Å². The van der Waals surface area contributed by atoms with Crippen molar-refractivity contribution in [3.8, 4) is 5.69 Å². The summed E-state index contributed by atoms with van der Waals surface area (Å²) in [5, 5.41) is 12.3. The lowest BCUT2D eigenvalue weighted by Gasteiger charge is -2.24. The molecule has 1 aliphatic carbocycles. The fourth-order valence-electron chi connectivity index (χ4n) is 4.10. The minimum absolute atomic E-state index is 0.236. The molecule has 3 heterocycles. The maximum atomic E-state index is 12.9. The number of aryl methyl sites for hydroxylation is 2. The van der Waals surface area contributed by atoms with Crippen LogP contribution in [0.5, 0.6) is 0 Å². The number of nitrogens with one attached hydrogen (secondary N) is 1. The van der Waals surface area contributed by atoms with Crippen molar-refractivity contribution >= 4 is 17.5 Å². The molecule has 5 rings (SSSR count). The molecule has 0 fully saturated rings. The maximum absolute atomic E-state index is 12.9. The van der Waals surface area contributed by atoms with Gasteiger partial charge in [-0.1, -0.05) is 28.9 Å². The van der Waals surface area contributed by atoms with Crippen molar-refractivity contribution in [1.82, 2.24) is 20.3 Å². The molecule has 0 unspecified atom stereocenters. The average Bonchev–Trinajstić information content (AvgIpc) is 3.35. The van der Waals surface area contributed by atoms with Crippen molar-refractivity contribution in [2.75, 3.05) is 6.61 Å². The second-order valence-corrected chi connectivity index (χ2v) is 7.93. The fourth-order valence-corrected chi connectivity index (χ4v) is 4.30. The third kappa shape index (κ3) is 3.14. The zero-order chi connectivity index (χ0) is 20.0. The highest BCUT2D eigenvalue weighted by atomic mass is 35.5. The molecular formula is C21H21ClN4O3. The van der Waals surface area contributed by atoms with Crippen LogP contribution in [0.2, 0.25) is 5.02 Å². The van der Waals surface area contributed by atoms with Gasteiger partial charge in [0.25, 0.3) is 5.91 Å². The van der Waals surface area contributed by atoms with Crippen LogP contribution < -0.4 is 5.32 Å². The van der Waals surface area contributed by atoms with Crippen LogP contribution in [0.3, 0.4) is 0 Å². The van der Waals surface area contributed by atoms with E-state index in [0.29, 0.717) is 23.9 Å². The Morgan fingerprint density at radius 1 is 1.31 bits per heavy atom. The molecule has 150 valence electrons. The molecule has 0 spiro atoms. The first-order valence-corrected chi connectivity index (χ1v) is 10.2. The van der Waals surface area contributed by atoms with Crippen LogP contribution in [0.25, 0.3) is 5.69 Å². The van der Waals surface area contributed by atoms with E-state index in [0.717, 1.165) is 59.5 Å². The Morgan fingerprint density at radius 3 is 3.07 bits per heavy atom. The molecule has 8 heteroatoms. The molecule has 0 saturated heterocycles. The number of nitrogens with zero attached hydrogens (tertiary/aromatic N) is 3. The summed E-state index contributed by atoms with van der Waals surface area (Å²) in [6.45, 7) is 2.75. The Hall–Kier alpha value is -2.64. The second kappa shape index (κ2) is 7.31. The van der Waals surface area contributed by atoms with Gasteiger partial charge in [0.05, 0.1) is 41.9 Å². The molecule has 2 aromatic heterocycles. The molecule has 1 N–H and O–H groups in total. The highest BCUT2D eigenvalue weighted by molar-refractivity contribution is 6.33. The summed E-state index contributed by atoms with van der Waals surface area (Å²) in [5.74, 6) is 0.601. The molecular weight excluding hydrogens is 392 g/mol. The summed E-state index contributed by atoms with van der Waals surface area (Å²) in [4.78, 5) is 12.9. The number of ether oxygens (including phenoxy) is 1. The average molecular weight is 413 g/mol. The van der Waals surface area contributed by atoms with Crippen LogP contribution in [-0.2, 0) is 24.2 Å². The molecule has 2 aliphatic rings. The first kappa shape index (κ1) is 18.4. The highest BCUT2D eigenvalue weighted by Gasteiger charge is 2.30. The molecule has 0 saturated carbocycles. The largest absolute Gasteiger partial charge is 0.373 e. The molecule has 1 aromatic carbocycles. The Kier molecular flexibility index (Phi) is 4.64. The number of carbonyl (C=O) groups excluding carboxylic acids is 1. The van der Waals surface area contributed by atoms with Gasteiger partial charge in [-0.25, -0.2) is 4.68 Å². The predicted octanol–water partition coefficient (Wildman–Crippen LogP) is 3.70. The zero-order valence-electron chi connectivity index (χ0n) is 16.1.